The zero-order valence-electron chi connectivity index (χ0n) is 11.6. The van der Waals surface area contributed by atoms with Gasteiger partial charge in [-0.15, -0.1) is 0 Å². The normalized spacial score (nSPS) is 10.2. The fraction of sp³-hybridized carbons (Fsp3) is 0.533. The number of para-hydroxylation sites is 1. The molecule has 1 amide bonds. The molecule has 0 N–H and O–H groups in total. The van der Waals surface area contributed by atoms with Crippen LogP contribution in [0.15, 0.2) is 24.3 Å². The van der Waals surface area contributed by atoms with Crippen molar-refractivity contribution >= 4 is 5.91 Å². The van der Waals surface area contributed by atoms with Crippen LogP contribution >= 0.6 is 0 Å². The third-order valence-electron chi connectivity index (χ3n) is 2.95. The van der Waals surface area contributed by atoms with E-state index in [4.69, 9.17) is 4.74 Å². The lowest BCUT2D eigenvalue weighted by atomic mass is 10.2. The van der Waals surface area contributed by atoms with E-state index in [0.29, 0.717) is 19.6 Å². The number of benzene rings is 1. The number of aryl methyl sites for hydroxylation is 1. The third kappa shape index (κ3) is 4.78. The number of carbonyl (C=O) groups excluding carboxylic acids is 1. The summed E-state index contributed by atoms with van der Waals surface area (Å²) in [5, 5.41) is 0. The molecule has 0 atom stereocenters. The van der Waals surface area contributed by atoms with Gasteiger partial charge in [0.2, 0.25) is 5.91 Å². The van der Waals surface area contributed by atoms with Crippen molar-refractivity contribution in [3.8, 4) is 5.75 Å². The molecule has 18 heavy (non-hydrogen) atoms. The SMILES string of the molecule is CCCCC(=O)N(C)CCOc1ccccc1C. The molecule has 3 heteroatoms. The molecule has 0 aliphatic rings. The molecule has 0 unspecified atom stereocenters. The van der Waals surface area contributed by atoms with Crippen LogP contribution in [0, 0.1) is 6.92 Å². The molecule has 0 bridgehead atoms. The Balaban J connectivity index is 2.29. The van der Waals surface area contributed by atoms with E-state index in [1.807, 2.05) is 38.2 Å². The van der Waals surface area contributed by atoms with Crippen LogP contribution in [0.25, 0.3) is 0 Å². The molecule has 3 nitrogen and oxygen atoms in total. The molecule has 0 radical (unpaired) electrons. The van der Waals surface area contributed by atoms with Crippen LogP contribution in [0.1, 0.15) is 31.7 Å². The number of unbranched alkanes of at least 4 members (excludes halogenated alkanes) is 1. The van der Waals surface area contributed by atoms with Gasteiger partial charge in [0.05, 0.1) is 6.54 Å². The Bertz CT molecular complexity index is 377. The van der Waals surface area contributed by atoms with Gasteiger partial charge in [-0.05, 0) is 25.0 Å². The Labute approximate surface area is 110 Å². The van der Waals surface area contributed by atoms with E-state index in [9.17, 15) is 4.79 Å². The first-order valence-electron chi connectivity index (χ1n) is 6.57. The quantitative estimate of drug-likeness (QED) is 0.743. The van der Waals surface area contributed by atoms with E-state index >= 15 is 0 Å². The van der Waals surface area contributed by atoms with Crippen molar-refractivity contribution in [2.24, 2.45) is 0 Å². The summed E-state index contributed by atoms with van der Waals surface area (Å²) in [7, 11) is 1.83. The monoisotopic (exact) mass is 249 g/mol. The number of nitrogens with zero attached hydrogens (tertiary/aromatic N) is 1. The molecule has 0 saturated heterocycles. The molecule has 0 spiro atoms. The molecule has 100 valence electrons. The van der Waals surface area contributed by atoms with Gasteiger partial charge >= 0.3 is 0 Å². The average molecular weight is 249 g/mol. The van der Waals surface area contributed by atoms with Crippen LogP contribution in [-0.4, -0.2) is 31.0 Å². The number of likely N-dealkylation sites (N-methyl/N-ethyl adjacent to an activating group) is 1. The Morgan fingerprint density at radius 3 is 2.72 bits per heavy atom. The van der Waals surface area contributed by atoms with E-state index in [0.717, 1.165) is 24.2 Å². The summed E-state index contributed by atoms with van der Waals surface area (Å²) in [5.74, 6) is 1.09. The first kappa shape index (κ1) is 14.6. The van der Waals surface area contributed by atoms with E-state index in [-0.39, 0.29) is 5.91 Å². The maximum Gasteiger partial charge on any atom is 0.222 e. The second kappa shape index (κ2) is 7.75. The summed E-state index contributed by atoms with van der Waals surface area (Å²) in [5.41, 5.74) is 1.12. The molecule has 0 aliphatic heterocycles. The standard InChI is InChI=1S/C15H23NO2/c1-4-5-10-15(17)16(3)11-12-18-14-9-7-6-8-13(14)2/h6-9H,4-5,10-12H2,1-3H3. The highest BCUT2D eigenvalue weighted by Crippen LogP contribution is 2.15. The maximum atomic E-state index is 11.7. The average Bonchev–Trinajstić information content (AvgIpc) is 2.38. The lowest BCUT2D eigenvalue weighted by molar-refractivity contribution is -0.130. The Morgan fingerprint density at radius 2 is 2.06 bits per heavy atom. The minimum atomic E-state index is 0.199. The Kier molecular flexibility index (Phi) is 6.26. The third-order valence-corrected chi connectivity index (χ3v) is 2.95. The molecular weight excluding hydrogens is 226 g/mol. The number of rotatable bonds is 7. The Morgan fingerprint density at radius 1 is 1.33 bits per heavy atom. The van der Waals surface area contributed by atoms with Crippen molar-refractivity contribution in [1.29, 1.82) is 0 Å². The first-order chi connectivity index (χ1) is 8.65. The topological polar surface area (TPSA) is 29.5 Å². The van der Waals surface area contributed by atoms with Crippen LogP contribution in [-0.2, 0) is 4.79 Å². The van der Waals surface area contributed by atoms with Gasteiger partial charge in [-0.1, -0.05) is 31.5 Å². The van der Waals surface area contributed by atoms with Crippen molar-refractivity contribution in [1.82, 2.24) is 4.90 Å². The van der Waals surface area contributed by atoms with E-state index < -0.39 is 0 Å². The molecule has 0 aliphatic carbocycles. The lowest BCUT2D eigenvalue weighted by Gasteiger charge is -2.17. The maximum absolute atomic E-state index is 11.7. The number of amides is 1. The summed E-state index contributed by atoms with van der Waals surface area (Å²) in [6, 6.07) is 7.92. The minimum Gasteiger partial charge on any atom is -0.491 e. The van der Waals surface area contributed by atoms with Gasteiger partial charge in [0.15, 0.2) is 0 Å². The fourth-order valence-electron chi connectivity index (χ4n) is 1.65. The van der Waals surface area contributed by atoms with Crippen molar-refractivity contribution in [2.45, 2.75) is 33.1 Å². The molecule has 1 aromatic carbocycles. The molecule has 0 fully saturated rings. The molecular formula is C15H23NO2. The molecule has 0 aromatic heterocycles. The first-order valence-corrected chi connectivity index (χ1v) is 6.57. The van der Waals surface area contributed by atoms with Crippen LogP contribution < -0.4 is 4.74 Å². The number of carbonyl (C=O) groups is 1. The highest BCUT2D eigenvalue weighted by atomic mass is 16.5. The predicted molar refractivity (Wildman–Crippen MR) is 73.8 cm³/mol. The predicted octanol–water partition coefficient (Wildman–Crippen LogP) is 3.02. The highest BCUT2D eigenvalue weighted by Gasteiger charge is 2.07. The minimum absolute atomic E-state index is 0.199. The highest BCUT2D eigenvalue weighted by molar-refractivity contribution is 5.75. The van der Waals surface area contributed by atoms with Gasteiger partial charge in [0.25, 0.3) is 0 Å². The van der Waals surface area contributed by atoms with Gasteiger partial charge in [-0.25, -0.2) is 0 Å². The molecule has 1 aromatic rings. The van der Waals surface area contributed by atoms with Crippen molar-refractivity contribution < 1.29 is 9.53 Å². The van der Waals surface area contributed by atoms with Crippen molar-refractivity contribution in [3.63, 3.8) is 0 Å². The molecule has 1 rings (SSSR count). The molecule has 0 heterocycles. The van der Waals surface area contributed by atoms with Crippen LogP contribution in [0.3, 0.4) is 0 Å². The smallest absolute Gasteiger partial charge is 0.222 e. The van der Waals surface area contributed by atoms with Gasteiger partial charge in [-0.2, -0.15) is 0 Å². The van der Waals surface area contributed by atoms with E-state index in [2.05, 4.69) is 6.92 Å². The van der Waals surface area contributed by atoms with Crippen LogP contribution in [0.4, 0.5) is 0 Å². The Hall–Kier alpha value is -1.51. The van der Waals surface area contributed by atoms with E-state index in [1.54, 1.807) is 4.90 Å². The van der Waals surface area contributed by atoms with Gasteiger partial charge in [0, 0.05) is 13.5 Å². The summed E-state index contributed by atoms with van der Waals surface area (Å²) >= 11 is 0. The van der Waals surface area contributed by atoms with Crippen LogP contribution in [0.2, 0.25) is 0 Å². The van der Waals surface area contributed by atoms with Crippen molar-refractivity contribution in [3.05, 3.63) is 29.8 Å². The molecule has 0 saturated carbocycles. The number of hydrogen-bond donors (Lipinski definition) is 0. The van der Waals surface area contributed by atoms with Gasteiger partial charge in [0.1, 0.15) is 12.4 Å². The van der Waals surface area contributed by atoms with Crippen molar-refractivity contribution in [2.75, 3.05) is 20.2 Å². The fourth-order valence-corrected chi connectivity index (χ4v) is 1.65. The van der Waals surface area contributed by atoms with Gasteiger partial charge in [-0.3, -0.25) is 4.79 Å². The zero-order valence-corrected chi connectivity index (χ0v) is 11.6. The summed E-state index contributed by atoms with van der Waals surface area (Å²) in [6.07, 6.45) is 2.65. The second-order valence-electron chi connectivity index (χ2n) is 4.53. The summed E-state index contributed by atoms with van der Waals surface area (Å²) in [6.45, 7) is 5.29. The van der Waals surface area contributed by atoms with Gasteiger partial charge < -0.3 is 9.64 Å². The summed E-state index contributed by atoms with van der Waals surface area (Å²) in [4.78, 5) is 13.4. The van der Waals surface area contributed by atoms with E-state index in [1.165, 1.54) is 0 Å². The number of hydrogen-bond acceptors (Lipinski definition) is 2. The second-order valence-corrected chi connectivity index (χ2v) is 4.53. The summed E-state index contributed by atoms with van der Waals surface area (Å²) < 4.78 is 5.67. The van der Waals surface area contributed by atoms with Crippen LogP contribution in [0.5, 0.6) is 5.75 Å². The largest absolute Gasteiger partial charge is 0.491 e. The number of ether oxygens (including phenoxy) is 1. The zero-order chi connectivity index (χ0) is 13.4. The lowest BCUT2D eigenvalue weighted by Crippen LogP contribution is -2.30.